The summed E-state index contributed by atoms with van der Waals surface area (Å²) in [6.07, 6.45) is 0.503. The number of carbonyl (C=O) groups excluding carboxylic acids is 2. The predicted octanol–water partition coefficient (Wildman–Crippen LogP) is 4.33. The molecule has 0 aliphatic rings. The van der Waals surface area contributed by atoms with Gasteiger partial charge in [0.25, 0.3) is 5.91 Å². The van der Waals surface area contributed by atoms with Gasteiger partial charge in [-0.25, -0.2) is 0 Å². The minimum Gasteiger partial charge on any atom is -0.497 e. The summed E-state index contributed by atoms with van der Waals surface area (Å²) in [5, 5.41) is 2.94. The van der Waals surface area contributed by atoms with Gasteiger partial charge < -0.3 is 19.7 Å². The number of aryl methyl sites for hydroxylation is 2. The average Bonchev–Trinajstić information content (AvgIpc) is 2.74. The molecule has 2 rings (SSSR count). The van der Waals surface area contributed by atoms with Crippen LogP contribution < -0.4 is 14.8 Å². The van der Waals surface area contributed by atoms with Crippen molar-refractivity contribution < 1.29 is 19.1 Å². The second kappa shape index (κ2) is 11.6. The van der Waals surface area contributed by atoms with E-state index in [1.54, 1.807) is 12.0 Å². The number of carbonyl (C=O) groups is 2. The fraction of sp³-hybridized carbons (Fsp3) is 0.462. The first kappa shape index (κ1) is 25.2. The van der Waals surface area contributed by atoms with Crippen molar-refractivity contribution in [1.29, 1.82) is 0 Å². The maximum Gasteiger partial charge on any atom is 0.261 e. The van der Waals surface area contributed by atoms with Gasteiger partial charge in [-0.05, 0) is 81.5 Å². The molecule has 0 unspecified atom stereocenters. The Hall–Kier alpha value is -3.02. The first-order valence-corrected chi connectivity index (χ1v) is 11.1. The molecule has 0 aliphatic carbocycles. The molecule has 0 heterocycles. The van der Waals surface area contributed by atoms with Crippen LogP contribution in [-0.4, -0.2) is 42.5 Å². The molecule has 2 aromatic rings. The second-order valence-electron chi connectivity index (χ2n) is 8.45. The summed E-state index contributed by atoms with van der Waals surface area (Å²) in [6.45, 7) is 11.9. The molecule has 174 valence electrons. The van der Waals surface area contributed by atoms with Crippen molar-refractivity contribution in [3.63, 3.8) is 0 Å². The topological polar surface area (TPSA) is 67.9 Å². The Morgan fingerprint density at radius 3 is 2.28 bits per heavy atom. The van der Waals surface area contributed by atoms with E-state index in [1.165, 1.54) is 0 Å². The number of nitrogens with zero attached hydrogens (tertiary/aromatic N) is 1. The maximum atomic E-state index is 13.3. The molecule has 2 amide bonds. The molecule has 1 atom stereocenters. The largest absolute Gasteiger partial charge is 0.497 e. The summed E-state index contributed by atoms with van der Waals surface area (Å²) in [5.74, 6) is 1.04. The smallest absolute Gasteiger partial charge is 0.261 e. The molecule has 0 radical (unpaired) electrons. The van der Waals surface area contributed by atoms with E-state index in [9.17, 15) is 9.59 Å². The van der Waals surface area contributed by atoms with Crippen LogP contribution in [0.4, 0.5) is 0 Å². The first-order chi connectivity index (χ1) is 15.2. The number of methoxy groups -OCH3 is 1. The van der Waals surface area contributed by atoms with E-state index in [0.29, 0.717) is 18.7 Å². The SMILES string of the molecule is CC[C@H](C(=O)NC(C)C)N(Cc1ccc(OC)cc1)C(=O)COc1cc(C)cc(C)c1C. The lowest BCUT2D eigenvalue weighted by Crippen LogP contribution is -2.51. The van der Waals surface area contributed by atoms with E-state index >= 15 is 0 Å². The highest BCUT2D eigenvalue weighted by Crippen LogP contribution is 2.24. The number of benzene rings is 2. The van der Waals surface area contributed by atoms with Crippen LogP contribution in [0.1, 0.15) is 49.4 Å². The van der Waals surface area contributed by atoms with Crippen LogP contribution in [0, 0.1) is 20.8 Å². The van der Waals surface area contributed by atoms with Crippen LogP contribution >= 0.6 is 0 Å². The van der Waals surface area contributed by atoms with Gasteiger partial charge in [0.15, 0.2) is 6.61 Å². The van der Waals surface area contributed by atoms with Gasteiger partial charge in [0, 0.05) is 12.6 Å². The Morgan fingerprint density at radius 2 is 1.72 bits per heavy atom. The molecule has 2 aromatic carbocycles. The monoisotopic (exact) mass is 440 g/mol. The maximum absolute atomic E-state index is 13.3. The highest BCUT2D eigenvalue weighted by molar-refractivity contribution is 5.88. The molecule has 0 aromatic heterocycles. The molecule has 0 fully saturated rings. The lowest BCUT2D eigenvalue weighted by Gasteiger charge is -2.31. The van der Waals surface area contributed by atoms with Crippen molar-refractivity contribution in [1.82, 2.24) is 10.2 Å². The average molecular weight is 441 g/mol. The van der Waals surface area contributed by atoms with E-state index in [-0.39, 0.29) is 24.5 Å². The fourth-order valence-electron chi connectivity index (χ4n) is 3.60. The van der Waals surface area contributed by atoms with Crippen LogP contribution in [0.25, 0.3) is 0 Å². The lowest BCUT2D eigenvalue weighted by molar-refractivity contribution is -0.143. The summed E-state index contributed by atoms with van der Waals surface area (Å²) >= 11 is 0. The first-order valence-electron chi connectivity index (χ1n) is 11.1. The highest BCUT2D eigenvalue weighted by Gasteiger charge is 2.29. The molecule has 6 heteroatoms. The van der Waals surface area contributed by atoms with E-state index in [4.69, 9.17) is 9.47 Å². The van der Waals surface area contributed by atoms with Crippen LogP contribution in [0.2, 0.25) is 0 Å². The minimum absolute atomic E-state index is 0.0105. The normalized spacial score (nSPS) is 11.8. The number of nitrogens with one attached hydrogen (secondary N) is 1. The van der Waals surface area contributed by atoms with Gasteiger partial charge in [-0.15, -0.1) is 0 Å². The van der Waals surface area contributed by atoms with Gasteiger partial charge in [0.1, 0.15) is 17.5 Å². The number of hydrogen-bond acceptors (Lipinski definition) is 4. The number of ether oxygens (including phenoxy) is 2. The summed E-state index contributed by atoms with van der Waals surface area (Å²) in [7, 11) is 1.61. The molecule has 0 aliphatic heterocycles. The van der Waals surface area contributed by atoms with Crippen LogP contribution in [0.15, 0.2) is 36.4 Å². The Balaban J connectivity index is 2.26. The van der Waals surface area contributed by atoms with Crippen molar-refractivity contribution in [2.75, 3.05) is 13.7 Å². The summed E-state index contributed by atoms with van der Waals surface area (Å²) in [4.78, 5) is 27.8. The Bertz CT molecular complexity index is 922. The van der Waals surface area contributed by atoms with E-state index in [2.05, 4.69) is 11.4 Å². The van der Waals surface area contributed by atoms with Gasteiger partial charge in [0.2, 0.25) is 5.91 Å². The van der Waals surface area contributed by atoms with Crippen molar-refractivity contribution in [3.05, 3.63) is 58.7 Å². The van der Waals surface area contributed by atoms with Gasteiger partial charge in [-0.1, -0.05) is 25.1 Å². The molecular formula is C26H36N2O4. The van der Waals surface area contributed by atoms with Crippen LogP contribution in [0.3, 0.4) is 0 Å². The van der Waals surface area contributed by atoms with Gasteiger partial charge in [-0.2, -0.15) is 0 Å². The Labute approximate surface area is 191 Å². The zero-order valence-electron chi connectivity index (χ0n) is 20.3. The standard InChI is InChI=1S/C26H36N2O4/c1-8-23(26(30)27-17(2)3)28(15-21-9-11-22(31-7)12-10-21)25(29)16-32-24-14-18(4)13-19(5)20(24)6/h9-14,17,23H,8,15-16H2,1-7H3,(H,27,30)/t23-/m1/s1. The van der Waals surface area contributed by atoms with E-state index < -0.39 is 6.04 Å². The third-order valence-corrected chi connectivity index (χ3v) is 5.44. The highest BCUT2D eigenvalue weighted by atomic mass is 16.5. The third-order valence-electron chi connectivity index (χ3n) is 5.44. The molecule has 0 saturated carbocycles. The molecule has 0 spiro atoms. The summed E-state index contributed by atoms with van der Waals surface area (Å²) in [5.41, 5.74) is 4.12. The van der Waals surface area contributed by atoms with Crippen molar-refractivity contribution in [3.8, 4) is 11.5 Å². The number of hydrogen-bond donors (Lipinski definition) is 1. The van der Waals surface area contributed by atoms with Crippen LogP contribution in [-0.2, 0) is 16.1 Å². The van der Waals surface area contributed by atoms with Gasteiger partial charge in [0.05, 0.1) is 7.11 Å². The third kappa shape index (κ3) is 6.74. The summed E-state index contributed by atoms with van der Waals surface area (Å²) in [6, 6.07) is 10.9. The lowest BCUT2D eigenvalue weighted by atomic mass is 10.1. The quantitative estimate of drug-likeness (QED) is 0.597. The van der Waals surface area contributed by atoms with E-state index in [0.717, 1.165) is 28.0 Å². The fourth-order valence-corrected chi connectivity index (χ4v) is 3.60. The van der Waals surface area contributed by atoms with Crippen molar-refractivity contribution in [2.24, 2.45) is 0 Å². The Kier molecular flexibility index (Phi) is 9.12. The van der Waals surface area contributed by atoms with Crippen molar-refractivity contribution in [2.45, 2.75) is 66.6 Å². The molecule has 32 heavy (non-hydrogen) atoms. The zero-order chi connectivity index (χ0) is 23.8. The van der Waals surface area contributed by atoms with Crippen molar-refractivity contribution >= 4 is 11.8 Å². The van der Waals surface area contributed by atoms with Gasteiger partial charge in [-0.3, -0.25) is 9.59 Å². The Morgan fingerprint density at radius 1 is 1.06 bits per heavy atom. The second-order valence-corrected chi connectivity index (χ2v) is 8.45. The molecule has 1 N–H and O–H groups in total. The summed E-state index contributed by atoms with van der Waals surface area (Å²) < 4.78 is 11.2. The number of rotatable bonds is 10. The zero-order valence-corrected chi connectivity index (χ0v) is 20.3. The molecule has 0 bridgehead atoms. The van der Waals surface area contributed by atoms with E-state index in [1.807, 2.05) is 71.9 Å². The van der Waals surface area contributed by atoms with Crippen LogP contribution in [0.5, 0.6) is 11.5 Å². The number of amides is 2. The minimum atomic E-state index is -0.587. The predicted molar refractivity (Wildman–Crippen MR) is 127 cm³/mol. The molecule has 0 saturated heterocycles. The van der Waals surface area contributed by atoms with Gasteiger partial charge >= 0.3 is 0 Å². The molecular weight excluding hydrogens is 404 g/mol. The molecule has 6 nitrogen and oxygen atoms in total.